The van der Waals surface area contributed by atoms with E-state index in [0.29, 0.717) is 12.2 Å². The van der Waals surface area contributed by atoms with E-state index in [4.69, 9.17) is 0 Å². The fourth-order valence-electron chi connectivity index (χ4n) is 1.03. The maximum absolute atomic E-state index is 11.4. The summed E-state index contributed by atoms with van der Waals surface area (Å²) in [6, 6.07) is 8.89. The van der Waals surface area contributed by atoms with Crippen molar-refractivity contribution < 1.29 is 10.1 Å². The third kappa shape index (κ3) is 3.12. The molecule has 72 valence electrons. The number of para-hydroxylation sites is 1. The van der Waals surface area contributed by atoms with Crippen LogP contribution in [0.1, 0.15) is 6.92 Å². The molecule has 0 aliphatic rings. The highest BCUT2D eigenvalue weighted by atomic mass is 16.5. The van der Waals surface area contributed by atoms with Gasteiger partial charge in [-0.25, -0.2) is 0 Å². The first-order valence-electron chi connectivity index (χ1n) is 4.34. The van der Waals surface area contributed by atoms with Crippen molar-refractivity contribution in [2.24, 2.45) is 0 Å². The Kier molecular flexibility index (Phi) is 3.85. The summed E-state index contributed by atoms with van der Waals surface area (Å²) in [5, 5.41) is 22.3. The highest BCUT2D eigenvalue weighted by molar-refractivity contribution is 5.27. The van der Waals surface area contributed by atoms with Gasteiger partial charge in [-0.15, -0.1) is 0 Å². The monoisotopic (exact) mass is 182 g/mol. The van der Waals surface area contributed by atoms with Crippen LogP contribution in [-0.4, -0.2) is 13.2 Å². The van der Waals surface area contributed by atoms with Crippen molar-refractivity contribution >= 4 is 5.69 Å². The first-order chi connectivity index (χ1) is 6.24. The summed E-state index contributed by atoms with van der Waals surface area (Å²) in [4.78, 5) is 0. The fraction of sp³-hybridized carbons (Fsp3) is 0.333. The van der Waals surface area contributed by atoms with Crippen LogP contribution in [0.15, 0.2) is 30.3 Å². The van der Waals surface area contributed by atoms with Gasteiger partial charge < -0.3 is 15.5 Å². The van der Waals surface area contributed by atoms with E-state index >= 15 is 0 Å². The molecule has 0 radical (unpaired) electrons. The molecule has 0 aliphatic carbocycles. The lowest BCUT2D eigenvalue weighted by atomic mass is 10.3. The van der Waals surface area contributed by atoms with Gasteiger partial charge in [0.25, 0.3) is 0 Å². The zero-order chi connectivity index (χ0) is 9.68. The topological polar surface area (TPSA) is 55.0 Å². The highest BCUT2D eigenvalue weighted by Crippen LogP contribution is 1.96. The van der Waals surface area contributed by atoms with Crippen molar-refractivity contribution in [2.75, 3.05) is 13.2 Å². The van der Waals surface area contributed by atoms with Crippen molar-refractivity contribution in [3.63, 3.8) is 0 Å². The van der Waals surface area contributed by atoms with Gasteiger partial charge in [0.15, 0.2) is 0 Å². The van der Waals surface area contributed by atoms with Crippen LogP contribution in [-0.2, 0) is 0 Å². The lowest BCUT2D eigenvalue weighted by molar-refractivity contribution is -1.01. The van der Waals surface area contributed by atoms with Crippen LogP contribution in [0.25, 0.3) is 0 Å². The average Bonchev–Trinajstić information content (AvgIpc) is 2.19. The van der Waals surface area contributed by atoms with Crippen LogP contribution in [0.5, 0.6) is 0 Å². The third-order valence-electron chi connectivity index (χ3n) is 1.85. The maximum atomic E-state index is 11.4. The van der Waals surface area contributed by atoms with E-state index in [0.717, 1.165) is 0 Å². The molecule has 1 rings (SSSR count). The normalized spacial score (nSPS) is 15.3. The van der Waals surface area contributed by atoms with Gasteiger partial charge in [-0.2, -0.15) is 0 Å². The van der Waals surface area contributed by atoms with Crippen LogP contribution < -0.4 is 10.1 Å². The van der Waals surface area contributed by atoms with Gasteiger partial charge in [0.1, 0.15) is 5.69 Å². The summed E-state index contributed by atoms with van der Waals surface area (Å²) in [5.74, 6) is 0. The number of nitrogens with one attached hydrogen (secondary N) is 2. The molecule has 4 heteroatoms. The van der Waals surface area contributed by atoms with Crippen molar-refractivity contribution in [1.29, 1.82) is 0 Å². The van der Waals surface area contributed by atoms with E-state index in [1.165, 1.54) is 0 Å². The summed E-state index contributed by atoms with van der Waals surface area (Å²) in [7, 11) is 0. The molecule has 4 nitrogen and oxygen atoms in total. The van der Waals surface area contributed by atoms with Crippen LogP contribution >= 0.6 is 0 Å². The van der Waals surface area contributed by atoms with E-state index in [2.05, 4.69) is 0 Å². The minimum absolute atomic E-state index is 0.00569. The predicted molar refractivity (Wildman–Crippen MR) is 50.2 cm³/mol. The molecule has 13 heavy (non-hydrogen) atoms. The Bertz CT molecular complexity index is 241. The number of hydrogen-bond donors (Lipinski definition) is 2. The summed E-state index contributed by atoms with van der Waals surface area (Å²) < 4.78 is 0. The smallest absolute Gasteiger partial charge is 0.208 e. The van der Waals surface area contributed by atoms with Crippen LogP contribution in [0.2, 0.25) is 0 Å². The molecule has 1 aromatic rings. The Hall–Kier alpha value is -0.940. The SMILES string of the molecule is CC[NH+]([O-])C[NH+]([O-])c1ccccc1. The Labute approximate surface area is 77.5 Å². The number of quaternary nitrogens is 2. The maximum Gasteiger partial charge on any atom is 0.208 e. The molecule has 0 saturated carbocycles. The second-order valence-electron chi connectivity index (χ2n) is 2.86. The molecule has 2 N–H and O–H groups in total. The van der Waals surface area contributed by atoms with E-state index in [1.54, 1.807) is 31.2 Å². The number of hydroxylamine groups is 3. The molecule has 0 amide bonds. The van der Waals surface area contributed by atoms with Gasteiger partial charge in [-0.3, -0.25) is 5.06 Å². The first kappa shape index (κ1) is 10.1. The molecule has 0 saturated heterocycles. The Balaban J connectivity index is 2.53. The quantitative estimate of drug-likeness (QED) is 0.466. The van der Waals surface area contributed by atoms with Gasteiger partial charge in [-0.05, 0) is 19.1 Å². The molecule has 1 aromatic carbocycles. The first-order valence-corrected chi connectivity index (χ1v) is 4.34. The number of rotatable bonds is 4. The molecular weight excluding hydrogens is 168 g/mol. The van der Waals surface area contributed by atoms with Gasteiger partial charge in [0.05, 0.1) is 6.54 Å². The lowest BCUT2D eigenvalue weighted by Crippen LogP contribution is -3.25. The molecule has 0 aliphatic heterocycles. The summed E-state index contributed by atoms with van der Waals surface area (Å²) in [6.45, 7) is 2.22. The van der Waals surface area contributed by atoms with Crippen molar-refractivity contribution in [3.05, 3.63) is 40.7 Å². The van der Waals surface area contributed by atoms with Gasteiger partial charge in [0, 0.05) is 0 Å². The van der Waals surface area contributed by atoms with E-state index in [1.807, 2.05) is 6.07 Å². The van der Waals surface area contributed by atoms with Gasteiger partial charge in [-0.1, -0.05) is 18.2 Å². The molecule has 0 fully saturated rings. The molecule has 0 aromatic heterocycles. The minimum Gasteiger partial charge on any atom is -0.630 e. The molecule has 0 spiro atoms. The summed E-state index contributed by atoms with van der Waals surface area (Å²) in [6.07, 6.45) is 0. The van der Waals surface area contributed by atoms with E-state index in [9.17, 15) is 10.4 Å². The van der Waals surface area contributed by atoms with E-state index in [-0.39, 0.29) is 16.8 Å². The Morgan fingerprint density at radius 3 is 2.31 bits per heavy atom. The molecule has 0 bridgehead atoms. The fourth-order valence-corrected chi connectivity index (χ4v) is 1.03. The summed E-state index contributed by atoms with van der Waals surface area (Å²) in [5.41, 5.74) is 0.615. The third-order valence-corrected chi connectivity index (χ3v) is 1.85. The number of hydrogen-bond acceptors (Lipinski definition) is 2. The second kappa shape index (κ2) is 4.94. The molecule has 0 heterocycles. The van der Waals surface area contributed by atoms with Crippen LogP contribution in [0, 0.1) is 10.4 Å². The molecule has 2 atom stereocenters. The summed E-state index contributed by atoms with van der Waals surface area (Å²) >= 11 is 0. The minimum atomic E-state index is -0.0903. The zero-order valence-electron chi connectivity index (χ0n) is 7.62. The Morgan fingerprint density at radius 1 is 1.15 bits per heavy atom. The van der Waals surface area contributed by atoms with E-state index < -0.39 is 0 Å². The lowest BCUT2D eigenvalue weighted by Gasteiger charge is -2.28. The largest absolute Gasteiger partial charge is 0.630 e. The van der Waals surface area contributed by atoms with Crippen molar-refractivity contribution in [3.8, 4) is 0 Å². The van der Waals surface area contributed by atoms with Gasteiger partial charge in [0.2, 0.25) is 6.67 Å². The average molecular weight is 182 g/mol. The Morgan fingerprint density at radius 2 is 1.77 bits per heavy atom. The van der Waals surface area contributed by atoms with Crippen molar-refractivity contribution in [2.45, 2.75) is 6.92 Å². The second-order valence-corrected chi connectivity index (χ2v) is 2.86. The van der Waals surface area contributed by atoms with Crippen molar-refractivity contribution in [1.82, 2.24) is 0 Å². The highest BCUT2D eigenvalue weighted by Gasteiger charge is 2.03. The van der Waals surface area contributed by atoms with Crippen LogP contribution in [0.3, 0.4) is 0 Å². The zero-order valence-corrected chi connectivity index (χ0v) is 7.62. The molecule has 2 unspecified atom stereocenters. The molecular formula is C9H14N2O2. The predicted octanol–water partition coefficient (Wildman–Crippen LogP) is -0.939. The van der Waals surface area contributed by atoms with Gasteiger partial charge >= 0.3 is 0 Å². The standard InChI is InChI=1S/C9H14N2O2/c1-2-10(12)8-11(13)9-6-4-3-5-7-9/h3-7,10-11H,2,8H2,1H3. The van der Waals surface area contributed by atoms with Crippen LogP contribution in [0.4, 0.5) is 5.69 Å². The number of benzene rings is 1.